The molecule has 0 saturated carbocycles. The lowest BCUT2D eigenvalue weighted by Crippen LogP contribution is -2.43. The largest absolute Gasteiger partial charge is 0.480 e. The summed E-state index contributed by atoms with van der Waals surface area (Å²) in [6.45, 7) is 3.58. The lowest BCUT2D eigenvalue weighted by Gasteiger charge is -2.36. The number of carbonyl (C=O) groups is 1. The first-order valence-corrected chi connectivity index (χ1v) is 11.3. The summed E-state index contributed by atoms with van der Waals surface area (Å²) < 4.78 is 43.3. The predicted molar refractivity (Wildman–Crippen MR) is 128 cm³/mol. The van der Waals surface area contributed by atoms with Crippen molar-refractivity contribution in [2.24, 2.45) is 5.73 Å². The molecule has 2 aromatic carbocycles. The van der Waals surface area contributed by atoms with E-state index in [0.717, 1.165) is 5.56 Å². The molecule has 3 N–H and O–H groups in total. The number of nitrogens with one attached hydrogen (secondary N) is 1. The molecule has 8 heteroatoms. The van der Waals surface area contributed by atoms with E-state index < -0.39 is 35.0 Å². The number of carbonyl (C=O) groups excluding carboxylic acids is 1. The first-order valence-electron chi connectivity index (χ1n) is 11.0. The Bertz CT molecular complexity index is 1200. The lowest BCUT2D eigenvalue weighted by molar-refractivity contribution is -0.114. The van der Waals surface area contributed by atoms with Crippen molar-refractivity contribution in [2.75, 3.05) is 20.7 Å². The van der Waals surface area contributed by atoms with Crippen molar-refractivity contribution in [2.45, 2.75) is 37.1 Å². The molecule has 34 heavy (non-hydrogen) atoms. The van der Waals surface area contributed by atoms with Crippen LogP contribution in [-0.4, -0.2) is 38.4 Å². The van der Waals surface area contributed by atoms with E-state index in [-0.39, 0.29) is 27.5 Å². The molecule has 0 bridgehead atoms. The summed E-state index contributed by atoms with van der Waals surface area (Å²) in [5, 5.41) is 2.86. The van der Waals surface area contributed by atoms with E-state index in [1.54, 1.807) is 7.05 Å². The number of hydrogen-bond donors (Lipinski definition) is 2. The number of alkyl halides is 1. The maximum atomic E-state index is 16.4. The van der Waals surface area contributed by atoms with Crippen molar-refractivity contribution < 1.29 is 23.0 Å². The average Bonchev–Trinajstić information content (AvgIpc) is 3.07. The normalized spacial score (nSPS) is 28.1. The van der Waals surface area contributed by atoms with Crippen molar-refractivity contribution >= 4 is 23.1 Å². The van der Waals surface area contributed by atoms with E-state index in [2.05, 4.69) is 5.32 Å². The van der Waals surface area contributed by atoms with Gasteiger partial charge >= 0.3 is 0 Å². The predicted octanol–water partition coefficient (Wildman–Crippen LogP) is 4.64. The van der Waals surface area contributed by atoms with Gasteiger partial charge in [-0.05, 0) is 19.5 Å². The van der Waals surface area contributed by atoms with Crippen LogP contribution < -0.4 is 15.8 Å². The van der Waals surface area contributed by atoms with Gasteiger partial charge in [-0.15, -0.1) is 0 Å². The van der Waals surface area contributed by atoms with Crippen molar-refractivity contribution in [1.29, 1.82) is 0 Å². The highest BCUT2D eigenvalue weighted by molar-refractivity contribution is 6.33. The molecular formula is C26H27ClF2N2O3. The third kappa shape index (κ3) is 3.54. The van der Waals surface area contributed by atoms with Gasteiger partial charge in [0, 0.05) is 47.9 Å². The number of nitrogens with two attached hydrogens (primary N) is 1. The van der Waals surface area contributed by atoms with Gasteiger partial charge in [0.05, 0.1) is 5.02 Å². The Morgan fingerprint density at radius 2 is 2.00 bits per heavy atom. The van der Waals surface area contributed by atoms with Crippen LogP contribution >= 0.6 is 11.6 Å². The van der Waals surface area contributed by atoms with E-state index in [9.17, 15) is 4.79 Å². The number of rotatable bonds is 6. The highest BCUT2D eigenvalue weighted by Crippen LogP contribution is 2.56. The fraction of sp³-hybridized carbons (Fsp3) is 0.346. The van der Waals surface area contributed by atoms with Gasteiger partial charge in [-0.3, -0.25) is 4.79 Å². The summed E-state index contributed by atoms with van der Waals surface area (Å²) in [6.07, 6.45) is 1.79. The van der Waals surface area contributed by atoms with E-state index in [1.807, 2.05) is 37.3 Å². The minimum absolute atomic E-state index is 0.0725. The molecule has 4 atom stereocenters. The van der Waals surface area contributed by atoms with E-state index >= 15 is 8.78 Å². The molecule has 2 aromatic rings. The molecule has 4 rings (SSSR count). The summed E-state index contributed by atoms with van der Waals surface area (Å²) >= 11 is 6.52. The Balaban J connectivity index is 2.05. The summed E-state index contributed by atoms with van der Waals surface area (Å²) in [7, 11) is 3.15. The molecule has 0 fully saturated rings. The number of methoxy groups -OCH3 is 1. The maximum Gasteiger partial charge on any atom is 0.249 e. The van der Waals surface area contributed by atoms with Gasteiger partial charge in [0.1, 0.15) is 17.7 Å². The van der Waals surface area contributed by atoms with Gasteiger partial charge in [0.2, 0.25) is 5.91 Å². The summed E-state index contributed by atoms with van der Waals surface area (Å²) in [5.41, 5.74) is 3.72. The van der Waals surface area contributed by atoms with Crippen LogP contribution in [0.5, 0.6) is 5.75 Å². The molecule has 0 radical (unpaired) electrons. The van der Waals surface area contributed by atoms with Crippen LogP contribution in [0.2, 0.25) is 5.02 Å². The van der Waals surface area contributed by atoms with Gasteiger partial charge in [-0.2, -0.15) is 0 Å². The minimum atomic E-state index is -2.22. The van der Waals surface area contributed by atoms with E-state index in [1.165, 1.54) is 32.3 Å². The number of likely N-dealkylation sites (N-methyl/N-ethyl adjacent to an activating group) is 1. The van der Waals surface area contributed by atoms with Gasteiger partial charge in [-0.25, -0.2) is 8.78 Å². The molecule has 1 aliphatic carbocycles. The molecule has 0 saturated heterocycles. The molecule has 180 valence electrons. The van der Waals surface area contributed by atoms with Crippen LogP contribution in [-0.2, 0) is 15.1 Å². The molecule has 1 amide bonds. The third-order valence-electron chi connectivity index (χ3n) is 6.85. The molecule has 0 spiro atoms. The zero-order chi connectivity index (χ0) is 24.8. The molecule has 5 nitrogen and oxygen atoms in total. The Morgan fingerprint density at radius 3 is 2.59 bits per heavy atom. The van der Waals surface area contributed by atoms with Crippen molar-refractivity contribution in [1.82, 2.24) is 5.32 Å². The number of benzene rings is 2. The standard InChI is InChI=1S/C26H27ClF2N2O3/c1-14-20-18(34-26(14,13-31-3)15-8-6-5-7-9-15)12-17(28)23(27)21(20)22-16(24(30)32)10-11-19(33-4)25(22,2)29/h5-12,14,19,31H,13H2,1-4H3,(H2,30,32)/t14-,19?,25?,26-/m0/s1. The van der Waals surface area contributed by atoms with Crippen LogP contribution in [0.25, 0.3) is 5.57 Å². The maximum absolute atomic E-state index is 16.4. The second-order valence-corrected chi connectivity index (χ2v) is 9.19. The third-order valence-corrected chi connectivity index (χ3v) is 7.22. The second-order valence-electron chi connectivity index (χ2n) is 8.81. The number of fused-ring (bicyclic) bond motifs is 1. The Kier molecular flexibility index (Phi) is 6.31. The first-order chi connectivity index (χ1) is 16.1. The lowest BCUT2D eigenvalue weighted by atomic mass is 9.73. The van der Waals surface area contributed by atoms with Crippen molar-refractivity contribution in [3.63, 3.8) is 0 Å². The average molecular weight is 489 g/mol. The number of amides is 1. The van der Waals surface area contributed by atoms with Crippen LogP contribution in [0.15, 0.2) is 54.1 Å². The van der Waals surface area contributed by atoms with Crippen LogP contribution in [0.1, 0.15) is 36.5 Å². The molecule has 1 aliphatic heterocycles. The van der Waals surface area contributed by atoms with Gasteiger partial charge < -0.3 is 20.5 Å². The topological polar surface area (TPSA) is 73.6 Å². The van der Waals surface area contributed by atoms with E-state index in [4.69, 9.17) is 26.8 Å². The molecular weight excluding hydrogens is 462 g/mol. The fourth-order valence-electron chi connectivity index (χ4n) is 5.21. The van der Waals surface area contributed by atoms with E-state index in [0.29, 0.717) is 12.1 Å². The molecule has 2 aliphatic rings. The van der Waals surface area contributed by atoms with Gasteiger partial charge in [0.25, 0.3) is 0 Å². The Hall–Kier alpha value is -2.74. The smallest absolute Gasteiger partial charge is 0.249 e. The van der Waals surface area contributed by atoms with Crippen LogP contribution in [0, 0.1) is 5.82 Å². The quantitative estimate of drug-likeness (QED) is 0.621. The van der Waals surface area contributed by atoms with Crippen LogP contribution in [0.3, 0.4) is 0 Å². The number of primary amides is 1. The first kappa shape index (κ1) is 24.4. The highest BCUT2D eigenvalue weighted by atomic mass is 35.5. The van der Waals surface area contributed by atoms with Gasteiger partial charge in [0.15, 0.2) is 11.3 Å². The van der Waals surface area contributed by atoms with Crippen molar-refractivity contribution in [3.8, 4) is 5.75 Å². The molecule has 1 heterocycles. The minimum Gasteiger partial charge on any atom is -0.480 e. The summed E-state index contributed by atoms with van der Waals surface area (Å²) in [4.78, 5) is 12.4. The SMILES string of the molecule is CNC[C@]1(c2ccccc2)Oc2cc(F)c(Cl)c(C3=C(C(N)=O)C=CC(OC)C3(C)F)c2[C@@H]1C. The summed E-state index contributed by atoms with van der Waals surface area (Å²) in [5.74, 6) is -1.80. The van der Waals surface area contributed by atoms with Crippen LogP contribution in [0.4, 0.5) is 8.78 Å². The monoisotopic (exact) mass is 488 g/mol. The number of ether oxygens (including phenoxy) is 2. The fourth-order valence-corrected chi connectivity index (χ4v) is 5.47. The second kappa shape index (κ2) is 8.80. The molecule has 2 unspecified atom stereocenters. The Labute approximate surface area is 202 Å². The Morgan fingerprint density at radius 1 is 1.32 bits per heavy atom. The number of halogens is 3. The van der Waals surface area contributed by atoms with Crippen molar-refractivity contribution in [3.05, 3.63) is 81.7 Å². The van der Waals surface area contributed by atoms with Gasteiger partial charge in [-0.1, -0.05) is 61.0 Å². The highest BCUT2D eigenvalue weighted by Gasteiger charge is 2.52. The zero-order valence-electron chi connectivity index (χ0n) is 19.4. The summed E-state index contributed by atoms with van der Waals surface area (Å²) in [6, 6.07) is 10.7. The molecule has 0 aromatic heterocycles. The zero-order valence-corrected chi connectivity index (χ0v) is 20.2. The number of hydrogen-bond acceptors (Lipinski definition) is 4.